The third kappa shape index (κ3) is 3.87. The number of sulfonamides is 1. The average molecular weight is 338 g/mol. The summed E-state index contributed by atoms with van der Waals surface area (Å²) in [6.07, 6.45) is 0. The summed E-state index contributed by atoms with van der Waals surface area (Å²) in [5, 5.41) is 0. The van der Waals surface area contributed by atoms with Crippen LogP contribution in [0.3, 0.4) is 0 Å². The van der Waals surface area contributed by atoms with Crippen molar-refractivity contribution in [3.63, 3.8) is 0 Å². The Morgan fingerprint density at radius 1 is 1.18 bits per heavy atom. The van der Waals surface area contributed by atoms with E-state index in [0.717, 1.165) is 16.1 Å². The Kier molecular flexibility index (Phi) is 4.63. The summed E-state index contributed by atoms with van der Waals surface area (Å²) >= 11 is 1.45. The Morgan fingerprint density at radius 3 is 2.27 bits per heavy atom. The molecular formula is C16H22N2O2S2. The molecule has 1 heterocycles. The van der Waals surface area contributed by atoms with Gasteiger partial charge in [0.05, 0.1) is 5.75 Å². The minimum absolute atomic E-state index is 0.0243. The molecule has 0 radical (unpaired) electrons. The van der Waals surface area contributed by atoms with Gasteiger partial charge in [-0.3, -0.25) is 0 Å². The molecule has 0 aliphatic heterocycles. The molecule has 0 saturated carbocycles. The van der Waals surface area contributed by atoms with Crippen molar-refractivity contribution in [1.29, 1.82) is 0 Å². The van der Waals surface area contributed by atoms with Gasteiger partial charge in [-0.1, -0.05) is 51.1 Å². The molecular weight excluding hydrogens is 316 g/mol. The Balaban J connectivity index is 2.45. The van der Waals surface area contributed by atoms with Crippen molar-refractivity contribution in [2.45, 2.75) is 38.9 Å². The molecule has 1 aromatic carbocycles. The zero-order valence-electron chi connectivity index (χ0n) is 13.6. The van der Waals surface area contributed by atoms with Crippen LogP contribution in [0, 0.1) is 6.92 Å². The number of aromatic nitrogens is 1. The SMILES string of the molecule is Cc1c(C(C)(C)C)s/c(=N\S(=O)(=O)Cc2ccccc2)n1C. The summed E-state index contributed by atoms with van der Waals surface area (Å²) in [6, 6.07) is 9.13. The van der Waals surface area contributed by atoms with E-state index < -0.39 is 10.0 Å². The van der Waals surface area contributed by atoms with Crippen molar-refractivity contribution in [1.82, 2.24) is 4.57 Å². The average Bonchev–Trinajstić information content (AvgIpc) is 2.67. The summed E-state index contributed by atoms with van der Waals surface area (Å²) in [7, 11) is -1.69. The van der Waals surface area contributed by atoms with Gasteiger partial charge in [0.2, 0.25) is 4.80 Å². The lowest BCUT2D eigenvalue weighted by Crippen LogP contribution is -2.15. The molecule has 0 spiro atoms. The van der Waals surface area contributed by atoms with Crippen molar-refractivity contribution in [2.75, 3.05) is 0 Å². The normalized spacial score (nSPS) is 13.6. The molecule has 0 atom stereocenters. The summed E-state index contributed by atoms with van der Waals surface area (Å²) in [5.74, 6) is -0.0738. The molecule has 0 saturated heterocycles. The Labute approximate surface area is 136 Å². The van der Waals surface area contributed by atoms with Crippen LogP contribution in [0.5, 0.6) is 0 Å². The summed E-state index contributed by atoms with van der Waals surface area (Å²) in [5.41, 5.74) is 1.79. The molecule has 1 aromatic heterocycles. The Bertz CT molecular complexity index is 823. The molecule has 22 heavy (non-hydrogen) atoms. The monoisotopic (exact) mass is 338 g/mol. The van der Waals surface area contributed by atoms with Gasteiger partial charge < -0.3 is 4.57 Å². The predicted octanol–water partition coefficient (Wildman–Crippen LogP) is 3.12. The minimum atomic E-state index is -3.54. The highest BCUT2D eigenvalue weighted by Gasteiger charge is 2.21. The van der Waals surface area contributed by atoms with E-state index in [1.165, 1.54) is 11.3 Å². The molecule has 0 unspecified atom stereocenters. The Hall–Kier alpha value is -1.40. The quantitative estimate of drug-likeness (QED) is 0.863. The van der Waals surface area contributed by atoms with Gasteiger partial charge in [-0.15, -0.1) is 15.7 Å². The third-order valence-corrected chi connectivity index (χ3v) is 6.33. The molecule has 2 aromatic rings. The fourth-order valence-electron chi connectivity index (χ4n) is 2.24. The van der Waals surface area contributed by atoms with Crippen LogP contribution < -0.4 is 4.80 Å². The maximum Gasteiger partial charge on any atom is 0.260 e. The maximum absolute atomic E-state index is 12.3. The first-order valence-corrected chi connectivity index (χ1v) is 9.52. The topological polar surface area (TPSA) is 51.4 Å². The molecule has 0 fully saturated rings. The lowest BCUT2D eigenvalue weighted by atomic mass is 9.93. The van der Waals surface area contributed by atoms with E-state index in [4.69, 9.17) is 0 Å². The van der Waals surface area contributed by atoms with E-state index >= 15 is 0 Å². The van der Waals surface area contributed by atoms with Gasteiger partial charge in [-0.25, -0.2) is 8.42 Å². The number of thiazole rings is 1. The van der Waals surface area contributed by atoms with Gasteiger partial charge in [0.15, 0.2) is 0 Å². The van der Waals surface area contributed by atoms with Crippen LogP contribution in [-0.4, -0.2) is 13.0 Å². The fourth-order valence-corrected chi connectivity index (χ4v) is 4.82. The van der Waals surface area contributed by atoms with Gasteiger partial charge in [0.1, 0.15) is 0 Å². The molecule has 0 aliphatic rings. The van der Waals surface area contributed by atoms with Gasteiger partial charge in [0.25, 0.3) is 10.0 Å². The third-order valence-electron chi connectivity index (χ3n) is 3.40. The van der Waals surface area contributed by atoms with Crippen LogP contribution in [0.15, 0.2) is 34.7 Å². The largest absolute Gasteiger partial charge is 0.323 e. The van der Waals surface area contributed by atoms with Crippen LogP contribution >= 0.6 is 11.3 Å². The van der Waals surface area contributed by atoms with Crippen molar-refractivity contribution >= 4 is 21.4 Å². The number of rotatable bonds is 3. The standard InChI is InChI=1S/C16H22N2O2S2/c1-12-14(16(2,3)4)21-15(18(12)5)17-22(19,20)11-13-9-7-6-8-10-13/h6-10H,11H2,1-5H3/b17-15-. The van der Waals surface area contributed by atoms with Crippen molar-refractivity contribution < 1.29 is 8.42 Å². The second kappa shape index (κ2) is 6.01. The van der Waals surface area contributed by atoms with E-state index in [1.54, 1.807) is 12.1 Å². The van der Waals surface area contributed by atoms with Crippen LogP contribution in [-0.2, 0) is 28.2 Å². The maximum atomic E-state index is 12.3. The lowest BCUT2D eigenvalue weighted by Gasteiger charge is -2.17. The summed E-state index contributed by atoms with van der Waals surface area (Å²) in [6.45, 7) is 8.36. The zero-order valence-corrected chi connectivity index (χ0v) is 15.3. The van der Waals surface area contributed by atoms with Crippen LogP contribution in [0.2, 0.25) is 0 Å². The molecule has 4 nitrogen and oxygen atoms in total. The summed E-state index contributed by atoms with van der Waals surface area (Å²) < 4.78 is 30.5. The molecule has 6 heteroatoms. The molecule has 120 valence electrons. The number of nitrogens with zero attached hydrogens (tertiary/aromatic N) is 2. The van der Waals surface area contributed by atoms with E-state index in [9.17, 15) is 8.42 Å². The predicted molar refractivity (Wildman–Crippen MR) is 91.4 cm³/mol. The van der Waals surface area contributed by atoms with Crippen molar-refractivity contribution in [3.05, 3.63) is 51.3 Å². The second-order valence-corrected chi connectivity index (χ2v) is 9.02. The van der Waals surface area contributed by atoms with Gasteiger partial charge >= 0.3 is 0 Å². The molecule has 0 bridgehead atoms. The van der Waals surface area contributed by atoms with Crippen LogP contribution in [0.25, 0.3) is 0 Å². The second-order valence-electron chi connectivity index (χ2n) is 6.41. The number of hydrogen-bond acceptors (Lipinski definition) is 3. The smallest absolute Gasteiger partial charge is 0.260 e. The van der Waals surface area contributed by atoms with Crippen LogP contribution in [0.4, 0.5) is 0 Å². The molecule has 0 N–H and O–H groups in total. The van der Waals surface area contributed by atoms with Crippen molar-refractivity contribution in [2.24, 2.45) is 11.4 Å². The number of hydrogen-bond donors (Lipinski definition) is 0. The van der Waals surface area contributed by atoms with Crippen LogP contribution in [0.1, 0.15) is 36.9 Å². The first kappa shape index (κ1) is 17.0. The molecule has 0 amide bonds. The molecule has 2 rings (SSSR count). The van der Waals surface area contributed by atoms with Gasteiger partial charge in [-0.2, -0.15) is 0 Å². The fraction of sp³-hybridized carbons (Fsp3) is 0.438. The van der Waals surface area contributed by atoms with Gasteiger partial charge in [-0.05, 0) is 17.9 Å². The highest BCUT2D eigenvalue weighted by atomic mass is 32.2. The van der Waals surface area contributed by atoms with E-state index in [-0.39, 0.29) is 11.2 Å². The van der Waals surface area contributed by atoms with E-state index in [0.29, 0.717) is 4.80 Å². The summed E-state index contributed by atoms with van der Waals surface area (Å²) in [4.78, 5) is 1.68. The van der Waals surface area contributed by atoms with E-state index in [2.05, 4.69) is 25.2 Å². The lowest BCUT2D eigenvalue weighted by molar-refractivity contribution is 0.591. The minimum Gasteiger partial charge on any atom is -0.323 e. The highest BCUT2D eigenvalue weighted by Crippen LogP contribution is 2.27. The first-order chi connectivity index (χ1) is 10.1. The van der Waals surface area contributed by atoms with E-state index in [1.807, 2.05) is 36.7 Å². The zero-order chi connectivity index (χ0) is 16.5. The first-order valence-electron chi connectivity index (χ1n) is 7.10. The Morgan fingerprint density at radius 2 is 1.77 bits per heavy atom. The van der Waals surface area contributed by atoms with Crippen molar-refractivity contribution in [3.8, 4) is 0 Å². The molecule has 0 aliphatic carbocycles. The van der Waals surface area contributed by atoms with Gasteiger partial charge in [0, 0.05) is 17.6 Å². The highest BCUT2D eigenvalue weighted by molar-refractivity contribution is 7.89. The number of benzene rings is 1.